The van der Waals surface area contributed by atoms with Crippen molar-refractivity contribution in [1.82, 2.24) is 0 Å². The third kappa shape index (κ3) is 10.2. The van der Waals surface area contributed by atoms with E-state index in [-0.39, 0.29) is 12.1 Å². The van der Waals surface area contributed by atoms with E-state index in [1.54, 1.807) is 0 Å². The fraction of sp³-hybridized carbons (Fsp3) is 1.00. The first-order valence-corrected chi connectivity index (χ1v) is 6.52. The highest BCUT2D eigenvalue weighted by Gasteiger charge is 2.15. The van der Waals surface area contributed by atoms with Gasteiger partial charge in [-0.15, -0.1) is 0 Å². The summed E-state index contributed by atoms with van der Waals surface area (Å²) in [5.74, 6) is 0. The first-order chi connectivity index (χ1) is 7.12. The van der Waals surface area contributed by atoms with Crippen LogP contribution in [0, 0.1) is 0 Å². The maximum absolute atomic E-state index is 8.97. The summed E-state index contributed by atoms with van der Waals surface area (Å²) in [7, 11) is 0. The van der Waals surface area contributed by atoms with E-state index in [1.165, 1.54) is 44.9 Å². The lowest BCUT2D eigenvalue weighted by molar-refractivity contribution is 0.197. The number of nitrogens with two attached hydrogens (primary N) is 1. The largest absolute Gasteiger partial charge is 0.394 e. The average Bonchev–Trinajstić information content (AvgIpc) is 2.22. The Morgan fingerprint density at radius 2 is 1.40 bits per heavy atom. The molecule has 0 fully saturated rings. The number of hydrogen-bond donors (Lipinski definition) is 2. The highest BCUT2D eigenvalue weighted by atomic mass is 16.3. The van der Waals surface area contributed by atoms with Gasteiger partial charge in [0.1, 0.15) is 0 Å². The van der Waals surface area contributed by atoms with Crippen LogP contribution in [0.1, 0.15) is 71.6 Å². The van der Waals surface area contributed by atoms with Crippen molar-refractivity contribution in [1.29, 1.82) is 0 Å². The molecule has 0 aromatic heterocycles. The van der Waals surface area contributed by atoms with Crippen LogP contribution >= 0.6 is 0 Å². The van der Waals surface area contributed by atoms with Crippen molar-refractivity contribution < 1.29 is 5.11 Å². The third-order valence-corrected chi connectivity index (χ3v) is 2.96. The highest BCUT2D eigenvalue weighted by molar-refractivity contribution is 4.76. The van der Waals surface area contributed by atoms with E-state index in [2.05, 4.69) is 6.92 Å². The Hall–Kier alpha value is -0.0800. The van der Waals surface area contributed by atoms with Crippen molar-refractivity contribution in [2.75, 3.05) is 6.61 Å². The van der Waals surface area contributed by atoms with Crippen LogP contribution in [-0.2, 0) is 0 Å². The van der Waals surface area contributed by atoms with E-state index in [4.69, 9.17) is 10.8 Å². The van der Waals surface area contributed by atoms with Crippen molar-refractivity contribution in [2.24, 2.45) is 5.73 Å². The summed E-state index contributed by atoms with van der Waals surface area (Å²) >= 11 is 0. The van der Waals surface area contributed by atoms with Crippen LogP contribution in [0.4, 0.5) is 0 Å². The third-order valence-electron chi connectivity index (χ3n) is 2.96. The molecule has 3 N–H and O–H groups in total. The molecule has 0 aliphatic rings. The molecule has 0 radical (unpaired) electrons. The first-order valence-electron chi connectivity index (χ1n) is 6.52. The van der Waals surface area contributed by atoms with Crippen molar-refractivity contribution in [3.63, 3.8) is 0 Å². The summed E-state index contributed by atoms with van der Waals surface area (Å²) in [4.78, 5) is 0. The van der Waals surface area contributed by atoms with Crippen molar-refractivity contribution in [2.45, 2.75) is 77.2 Å². The van der Waals surface area contributed by atoms with E-state index < -0.39 is 0 Å². The molecule has 92 valence electrons. The van der Waals surface area contributed by atoms with Gasteiger partial charge in [0, 0.05) is 5.54 Å². The summed E-state index contributed by atoms with van der Waals surface area (Å²) < 4.78 is 0. The number of rotatable bonds is 10. The second kappa shape index (κ2) is 9.17. The first kappa shape index (κ1) is 14.9. The molecule has 2 nitrogen and oxygen atoms in total. The summed E-state index contributed by atoms with van der Waals surface area (Å²) in [6, 6.07) is 0. The van der Waals surface area contributed by atoms with Crippen molar-refractivity contribution >= 4 is 0 Å². The topological polar surface area (TPSA) is 46.2 Å². The Balaban J connectivity index is 3.11. The minimum absolute atomic E-state index is 0.101. The molecule has 0 aromatic rings. The van der Waals surface area contributed by atoms with Gasteiger partial charge in [-0.2, -0.15) is 0 Å². The predicted octanol–water partition coefficient (Wildman–Crippen LogP) is 3.23. The monoisotopic (exact) mass is 215 g/mol. The lowest BCUT2D eigenvalue weighted by atomic mass is 9.96. The van der Waals surface area contributed by atoms with Crippen LogP contribution in [0.25, 0.3) is 0 Å². The van der Waals surface area contributed by atoms with Crippen molar-refractivity contribution in [3.8, 4) is 0 Å². The molecular formula is C13H29NO. The maximum Gasteiger partial charge on any atom is 0.0608 e. The van der Waals surface area contributed by atoms with Crippen LogP contribution in [0.5, 0.6) is 0 Å². The van der Waals surface area contributed by atoms with Gasteiger partial charge >= 0.3 is 0 Å². The molecule has 0 aliphatic heterocycles. The van der Waals surface area contributed by atoms with E-state index in [9.17, 15) is 0 Å². The molecule has 2 heteroatoms. The SMILES string of the molecule is CCCCCCCCCCC(C)(N)CO. The zero-order valence-electron chi connectivity index (χ0n) is 10.6. The zero-order chi connectivity index (χ0) is 11.6. The molecule has 0 saturated heterocycles. The quantitative estimate of drug-likeness (QED) is 0.550. The van der Waals surface area contributed by atoms with Crippen molar-refractivity contribution in [3.05, 3.63) is 0 Å². The number of aliphatic hydroxyl groups is 1. The average molecular weight is 215 g/mol. The molecule has 0 aromatic carbocycles. The Labute approximate surface area is 95.3 Å². The molecule has 15 heavy (non-hydrogen) atoms. The van der Waals surface area contributed by atoms with Gasteiger partial charge in [-0.3, -0.25) is 0 Å². The second-order valence-electron chi connectivity index (χ2n) is 5.04. The van der Waals surface area contributed by atoms with E-state index >= 15 is 0 Å². The summed E-state index contributed by atoms with van der Waals surface area (Å²) in [5, 5.41) is 8.97. The molecule has 0 bridgehead atoms. The molecule has 0 spiro atoms. The summed E-state index contributed by atoms with van der Waals surface area (Å²) in [6.07, 6.45) is 11.5. The Kier molecular flexibility index (Phi) is 9.12. The van der Waals surface area contributed by atoms with Gasteiger partial charge in [0.25, 0.3) is 0 Å². The standard InChI is InChI=1S/C13H29NO/c1-3-4-5-6-7-8-9-10-11-13(2,14)12-15/h15H,3-12,14H2,1-2H3. The number of hydrogen-bond acceptors (Lipinski definition) is 2. The Bertz CT molecular complexity index is 134. The zero-order valence-corrected chi connectivity index (χ0v) is 10.6. The van der Waals surface area contributed by atoms with E-state index in [0.717, 1.165) is 12.8 Å². The molecule has 1 atom stereocenters. The molecule has 0 rings (SSSR count). The van der Waals surface area contributed by atoms with Crippen LogP contribution in [0.2, 0.25) is 0 Å². The van der Waals surface area contributed by atoms with Gasteiger partial charge in [0.15, 0.2) is 0 Å². The lowest BCUT2D eigenvalue weighted by Gasteiger charge is -2.21. The molecular weight excluding hydrogens is 186 g/mol. The minimum atomic E-state index is -0.359. The minimum Gasteiger partial charge on any atom is -0.394 e. The number of aliphatic hydroxyl groups excluding tert-OH is 1. The van der Waals surface area contributed by atoms with Crippen LogP contribution in [0.3, 0.4) is 0 Å². The molecule has 1 unspecified atom stereocenters. The van der Waals surface area contributed by atoms with E-state index in [0.29, 0.717) is 0 Å². The predicted molar refractivity (Wildman–Crippen MR) is 66.9 cm³/mol. The van der Waals surface area contributed by atoms with Gasteiger partial charge in [-0.05, 0) is 13.3 Å². The van der Waals surface area contributed by atoms with Gasteiger partial charge < -0.3 is 10.8 Å². The summed E-state index contributed by atoms with van der Waals surface area (Å²) in [5.41, 5.74) is 5.49. The van der Waals surface area contributed by atoms with Crippen LogP contribution in [0.15, 0.2) is 0 Å². The normalized spacial score (nSPS) is 15.2. The fourth-order valence-electron chi connectivity index (χ4n) is 1.74. The molecule has 0 saturated carbocycles. The molecule has 0 aliphatic carbocycles. The maximum atomic E-state index is 8.97. The number of unbranched alkanes of at least 4 members (excludes halogenated alkanes) is 7. The lowest BCUT2D eigenvalue weighted by Crippen LogP contribution is -2.39. The van der Waals surface area contributed by atoms with Gasteiger partial charge in [-0.1, -0.05) is 58.3 Å². The van der Waals surface area contributed by atoms with Gasteiger partial charge in [-0.25, -0.2) is 0 Å². The van der Waals surface area contributed by atoms with E-state index in [1.807, 2.05) is 6.92 Å². The molecule has 0 heterocycles. The fourth-order valence-corrected chi connectivity index (χ4v) is 1.74. The summed E-state index contributed by atoms with van der Waals surface area (Å²) in [6.45, 7) is 4.27. The smallest absolute Gasteiger partial charge is 0.0608 e. The van der Waals surface area contributed by atoms with Crippen LogP contribution in [-0.4, -0.2) is 17.3 Å². The highest BCUT2D eigenvalue weighted by Crippen LogP contribution is 2.13. The second-order valence-corrected chi connectivity index (χ2v) is 5.04. The van der Waals surface area contributed by atoms with Crippen LogP contribution < -0.4 is 5.73 Å². The Morgan fingerprint density at radius 1 is 0.933 bits per heavy atom. The molecule has 0 amide bonds. The van der Waals surface area contributed by atoms with Gasteiger partial charge in [0.05, 0.1) is 6.61 Å². The Morgan fingerprint density at radius 3 is 1.87 bits per heavy atom. The van der Waals surface area contributed by atoms with Gasteiger partial charge in [0.2, 0.25) is 0 Å².